The number of hydrogen-bond donors (Lipinski definition) is 1. The highest BCUT2D eigenvalue weighted by Crippen LogP contribution is 2.32. The molecule has 3 rings (SSSR count). The summed E-state index contributed by atoms with van der Waals surface area (Å²) in [6.07, 6.45) is 0. The fraction of sp³-hybridized carbons (Fsp3) is 0.316. The van der Waals surface area contributed by atoms with Crippen LogP contribution >= 0.6 is 0 Å². The van der Waals surface area contributed by atoms with Gasteiger partial charge in [0.2, 0.25) is 0 Å². The zero-order valence-electron chi connectivity index (χ0n) is 12.9. The molecule has 22 heavy (non-hydrogen) atoms. The van der Waals surface area contributed by atoms with E-state index in [2.05, 4.69) is 12.1 Å². The maximum absolute atomic E-state index is 12.7. The van der Waals surface area contributed by atoms with Gasteiger partial charge in [-0.25, -0.2) is 0 Å². The highest BCUT2D eigenvalue weighted by atomic mass is 16.2. The molecule has 0 unspecified atom stereocenters. The van der Waals surface area contributed by atoms with Crippen LogP contribution in [0.4, 0.5) is 0 Å². The van der Waals surface area contributed by atoms with Gasteiger partial charge in [-0.15, -0.1) is 0 Å². The summed E-state index contributed by atoms with van der Waals surface area (Å²) in [5.41, 5.74) is 9.15. The predicted octanol–water partition coefficient (Wildman–Crippen LogP) is 2.81. The molecule has 0 bridgehead atoms. The van der Waals surface area contributed by atoms with E-state index in [1.54, 1.807) is 0 Å². The molecule has 2 atom stereocenters. The number of nitrogens with two attached hydrogens (primary N) is 1. The number of nitrogens with zero attached hydrogens (tertiary/aromatic N) is 1. The van der Waals surface area contributed by atoms with Crippen molar-refractivity contribution in [3.63, 3.8) is 0 Å². The van der Waals surface area contributed by atoms with Crippen molar-refractivity contribution in [2.75, 3.05) is 19.6 Å². The van der Waals surface area contributed by atoms with Gasteiger partial charge in [0.1, 0.15) is 0 Å². The van der Waals surface area contributed by atoms with Crippen molar-refractivity contribution >= 4 is 5.91 Å². The third-order valence-corrected chi connectivity index (χ3v) is 4.56. The number of amides is 1. The molecule has 2 N–H and O–H groups in total. The Balaban J connectivity index is 1.79. The first-order valence-electron chi connectivity index (χ1n) is 7.80. The van der Waals surface area contributed by atoms with Gasteiger partial charge in [0, 0.05) is 24.6 Å². The lowest BCUT2D eigenvalue weighted by atomic mass is 9.89. The van der Waals surface area contributed by atoms with Gasteiger partial charge in [-0.3, -0.25) is 4.79 Å². The minimum atomic E-state index is 0.108. The van der Waals surface area contributed by atoms with Crippen LogP contribution in [0.5, 0.6) is 0 Å². The van der Waals surface area contributed by atoms with Crippen molar-refractivity contribution in [3.05, 3.63) is 71.3 Å². The van der Waals surface area contributed by atoms with Gasteiger partial charge < -0.3 is 10.6 Å². The molecule has 0 spiro atoms. The Morgan fingerprint density at radius 1 is 1.09 bits per heavy atom. The first-order valence-corrected chi connectivity index (χ1v) is 7.80. The Hall–Kier alpha value is -2.13. The van der Waals surface area contributed by atoms with Gasteiger partial charge in [0.05, 0.1) is 0 Å². The quantitative estimate of drug-likeness (QED) is 0.946. The highest BCUT2D eigenvalue weighted by molar-refractivity contribution is 5.94. The lowest BCUT2D eigenvalue weighted by Gasteiger charge is -2.17. The van der Waals surface area contributed by atoms with E-state index in [1.807, 2.05) is 54.3 Å². The maximum Gasteiger partial charge on any atom is 0.253 e. The molecule has 1 amide bonds. The van der Waals surface area contributed by atoms with Crippen molar-refractivity contribution in [2.45, 2.75) is 12.8 Å². The molecule has 1 heterocycles. The Morgan fingerprint density at radius 2 is 1.77 bits per heavy atom. The summed E-state index contributed by atoms with van der Waals surface area (Å²) in [6, 6.07) is 18.2. The van der Waals surface area contributed by atoms with E-state index in [4.69, 9.17) is 5.73 Å². The number of benzene rings is 2. The van der Waals surface area contributed by atoms with Gasteiger partial charge >= 0.3 is 0 Å². The lowest BCUT2D eigenvalue weighted by molar-refractivity contribution is 0.0786. The maximum atomic E-state index is 12.7. The van der Waals surface area contributed by atoms with Crippen LogP contribution in [-0.4, -0.2) is 30.4 Å². The van der Waals surface area contributed by atoms with Crippen LogP contribution in [-0.2, 0) is 0 Å². The van der Waals surface area contributed by atoms with Gasteiger partial charge in [0.15, 0.2) is 0 Å². The molecule has 2 aromatic carbocycles. The molecular formula is C19H22N2O. The monoisotopic (exact) mass is 294 g/mol. The second kappa shape index (κ2) is 6.32. The summed E-state index contributed by atoms with van der Waals surface area (Å²) >= 11 is 0. The largest absolute Gasteiger partial charge is 0.338 e. The molecule has 0 aromatic heterocycles. The smallest absolute Gasteiger partial charge is 0.253 e. The summed E-state index contributed by atoms with van der Waals surface area (Å²) < 4.78 is 0. The van der Waals surface area contributed by atoms with E-state index in [-0.39, 0.29) is 5.91 Å². The van der Waals surface area contributed by atoms with Crippen LogP contribution in [0.2, 0.25) is 0 Å². The SMILES string of the molecule is Cc1ccc(C(=O)N2C[C@@H](CN)[C@H](c3ccccc3)C2)cc1. The van der Waals surface area contributed by atoms with E-state index in [0.29, 0.717) is 18.4 Å². The number of rotatable bonds is 3. The number of carbonyl (C=O) groups excluding carboxylic acids is 1. The average molecular weight is 294 g/mol. The molecule has 1 saturated heterocycles. The number of aryl methyl sites for hydroxylation is 1. The van der Waals surface area contributed by atoms with Gasteiger partial charge in [0.25, 0.3) is 5.91 Å². The molecule has 0 saturated carbocycles. The summed E-state index contributed by atoms with van der Waals surface area (Å²) in [5.74, 6) is 0.772. The fourth-order valence-corrected chi connectivity index (χ4v) is 3.23. The van der Waals surface area contributed by atoms with Crippen molar-refractivity contribution in [1.29, 1.82) is 0 Å². The topological polar surface area (TPSA) is 46.3 Å². The zero-order chi connectivity index (χ0) is 15.5. The summed E-state index contributed by atoms with van der Waals surface area (Å²) in [6.45, 7) is 4.12. The molecule has 3 nitrogen and oxygen atoms in total. The van der Waals surface area contributed by atoms with Crippen LogP contribution in [0, 0.1) is 12.8 Å². The second-order valence-electron chi connectivity index (χ2n) is 6.09. The second-order valence-corrected chi connectivity index (χ2v) is 6.09. The van der Waals surface area contributed by atoms with Crippen molar-refractivity contribution in [3.8, 4) is 0 Å². The van der Waals surface area contributed by atoms with Gasteiger partial charge in [-0.05, 0) is 37.1 Å². The molecule has 3 heteroatoms. The van der Waals surface area contributed by atoms with Crippen molar-refractivity contribution < 1.29 is 4.79 Å². The van der Waals surface area contributed by atoms with E-state index < -0.39 is 0 Å². The zero-order valence-corrected chi connectivity index (χ0v) is 12.9. The molecule has 0 radical (unpaired) electrons. The highest BCUT2D eigenvalue weighted by Gasteiger charge is 2.35. The minimum absolute atomic E-state index is 0.108. The van der Waals surface area contributed by atoms with E-state index in [1.165, 1.54) is 11.1 Å². The third kappa shape index (κ3) is 2.90. The van der Waals surface area contributed by atoms with Crippen molar-refractivity contribution in [2.24, 2.45) is 11.7 Å². The molecule has 1 aliphatic heterocycles. The Morgan fingerprint density at radius 3 is 2.41 bits per heavy atom. The molecule has 1 fully saturated rings. The molecular weight excluding hydrogens is 272 g/mol. The third-order valence-electron chi connectivity index (χ3n) is 4.56. The molecule has 2 aromatic rings. The Kier molecular flexibility index (Phi) is 4.25. The van der Waals surface area contributed by atoms with Gasteiger partial charge in [-0.2, -0.15) is 0 Å². The Bertz CT molecular complexity index is 636. The number of likely N-dealkylation sites (tertiary alicyclic amines) is 1. The predicted molar refractivity (Wildman–Crippen MR) is 88.8 cm³/mol. The minimum Gasteiger partial charge on any atom is -0.338 e. The lowest BCUT2D eigenvalue weighted by Crippen LogP contribution is -2.29. The standard InChI is InChI=1S/C19H22N2O/c1-14-7-9-16(10-8-14)19(22)21-12-17(11-20)18(13-21)15-5-3-2-4-6-15/h2-10,17-18H,11-13,20H2,1H3/t17-,18+/m1/s1. The summed E-state index contributed by atoms with van der Waals surface area (Å²) in [4.78, 5) is 14.6. The molecule has 0 aliphatic carbocycles. The molecule has 1 aliphatic rings. The first-order chi connectivity index (χ1) is 10.7. The fourth-order valence-electron chi connectivity index (χ4n) is 3.23. The van der Waals surface area contributed by atoms with Crippen LogP contribution in [0.1, 0.15) is 27.4 Å². The summed E-state index contributed by atoms with van der Waals surface area (Å²) in [5, 5.41) is 0. The van der Waals surface area contributed by atoms with Crippen LogP contribution in [0.15, 0.2) is 54.6 Å². The van der Waals surface area contributed by atoms with E-state index in [9.17, 15) is 4.79 Å². The molecule has 114 valence electrons. The number of carbonyl (C=O) groups is 1. The van der Waals surface area contributed by atoms with Crippen molar-refractivity contribution in [1.82, 2.24) is 4.90 Å². The summed E-state index contributed by atoms with van der Waals surface area (Å²) in [7, 11) is 0. The van der Waals surface area contributed by atoms with E-state index >= 15 is 0 Å². The van der Waals surface area contributed by atoms with Crippen LogP contribution < -0.4 is 5.73 Å². The average Bonchev–Trinajstić information content (AvgIpc) is 3.00. The number of hydrogen-bond acceptors (Lipinski definition) is 2. The Labute approximate surface area is 131 Å². The van der Waals surface area contributed by atoms with E-state index in [0.717, 1.165) is 18.7 Å². The normalized spacial score (nSPS) is 21.1. The van der Waals surface area contributed by atoms with Crippen LogP contribution in [0.25, 0.3) is 0 Å². The first kappa shape index (κ1) is 14.8. The van der Waals surface area contributed by atoms with Crippen LogP contribution in [0.3, 0.4) is 0 Å². The van der Waals surface area contributed by atoms with Gasteiger partial charge in [-0.1, -0.05) is 48.0 Å².